The lowest BCUT2D eigenvalue weighted by Gasteiger charge is -2.29. The highest BCUT2D eigenvalue weighted by Crippen LogP contribution is 2.32. The van der Waals surface area contributed by atoms with Gasteiger partial charge in [-0.05, 0) is 49.4 Å². The van der Waals surface area contributed by atoms with E-state index in [4.69, 9.17) is 14.5 Å². The van der Waals surface area contributed by atoms with E-state index in [9.17, 15) is 9.18 Å². The number of ether oxygens (including phenoxy) is 2. The van der Waals surface area contributed by atoms with E-state index < -0.39 is 0 Å². The summed E-state index contributed by atoms with van der Waals surface area (Å²) >= 11 is 1.45. The lowest BCUT2D eigenvalue weighted by molar-refractivity contribution is 0.0391. The van der Waals surface area contributed by atoms with E-state index in [0.717, 1.165) is 35.6 Å². The van der Waals surface area contributed by atoms with Crippen LogP contribution in [0.3, 0.4) is 0 Å². The van der Waals surface area contributed by atoms with E-state index in [1.54, 1.807) is 4.90 Å². The molecule has 1 amide bonds. The highest BCUT2D eigenvalue weighted by Gasteiger charge is 2.23. The highest BCUT2D eigenvalue weighted by atomic mass is 32.1. The summed E-state index contributed by atoms with van der Waals surface area (Å²) in [6, 6.07) is 11.4. The van der Waals surface area contributed by atoms with Gasteiger partial charge < -0.3 is 9.47 Å². The van der Waals surface area contributed by atoms with Crippen LogP contribution in [0.2, 0.25) is 0 Å². The number of fused-ring (bicyclic) bond motifs is 1. The number of hydrogen-bond donors (Lipinski definition) is 0. The molecule has 0 N–H and O–H groups in total. The minimum absolute atomic E-state index is 0.188. The van der Waals surface area contributed by atoms with Crippen molar-refractivity contribution in [1.29, 1.82) is 0 Å². The van der Waals surface area contributed by atoms with E-state index in [1.807, 2.05) is 25.1 Å². The van der Waals surface area contributed by atoms with Crippen LogP contribution < -0.4 is 9.64 Å². The predicted molar refractivity (Wildman–Crippen MR) is 116 cm³/mol. The van der Waals surface area contributed by atoms with Crippen LogP contribution in [0.4, 0.5) is 9.52 Å². The lowest BCUT2D eigenvalue weighted by Crippen LogP contribution is -2.43. The molecule has 30 heavy (non-hydrogen) atoms. The molecule has 0 unspecified atom stereocenters. The molecule has 3 aromatic rings. The maximum atomic E-state index is 13.3. The van der Waals surface area contributed by atoms with E-state index in [0.29, 0.717) is 37.1 Å². The van der Waals surface area contributed by atoms with Crippen molar-refractivity contribution in [2.45, 2.75) is 6.92 Å². The van der Waals surface area contributed by atoms with Crippen LogP contribution in [0.5, 0.6) is 5.75 Å². The Labute approximate surface area is 178 Å². The van der Waals surface area contributed by atoms with Gasteiger partial charge in [-0.2, -0.15) is 0 Å². The van der Waals surface area contributed by atoms with Crippen molar-refractivity contribution < 1.29 is 18.7 Å². The zero-order valence-corrected chi connectivity index (χ0v) is 17.7. The van der Waals surface area contributed by atoms with Gasteiger partial charge in [0.2, 0.25) is 0 Å². The molecule has 1 aromatic heterocycles. The second-order valence-electron chi connectivity index (χ2n) is 6.98. The first-order chi connectivity index (χ1) is 14.6. The van der Waals surface area contributed by atoms with Gasteiger partial charge in [-0.3, -0.25) is 14.6 Å². The molecule has 1 aliphatic heterocycles. The molecule has 4 rings (SSSR count). The lowest BCUT2D eigenvalue weighted by atomic mass is 10.2. The van der Waals surface area contributed by atoms with Gasteiger partial charge in [-0.25, -0.2) is 9.37 Å². The summed E-state index contributed by atoms with van der Waals surface area (Å²) in [6.07, 6.45) is 0. The number of halogens is 1. The summed E-state index contributed by atoms with van der Waals surface area (Å²) < 4.78 is 25.3. The molecule has 0 atom stereocenters. The number of aromatic nitrogens is 1. The maximum absolute atomic E-state index is 13.3. The molecule has 158 valence electrons. The molecule has 2 aromatic carbocycles. The topological polar surface area (TPSA) is 54.9 Å². The number of morpholine rings is 1. The number of anilines is 1. The van der Waals surface area contributed by atoms with Gasteiger partial charge in [0, 0.05) is 31.7 Å². The molecule has 0 spiro atoms. The Morgan fingerprint density at radius 2 is 2.00 bits per heavy atom. The third-order valence-corrected chi connectivity index (χ3v) is 6.01. The van der Waals surface area contributed by atoms with E-state index in [1.165, 1.54) is 35.6 Å². The zero-order valence-electron chi connectivity index (χ0n) is 16.8. The number of nitrogens with zero attached hydrogens (tertiary/aromatic N) is 3. The van der Waals surface area contributed by atoms with E-state index in [-0.39, 0.29) is 11.7 Å². The molecule has 1 saturated heterocycles. The van der Waals surface area contributed by atoms with Crippen molar-refractivity contribution in [1.82, 2.24) is 9.88 Å². The molecule has 0 saturated carbocycles. The van der Waals surface area contributed by atoms with Gasteiger partial charge >= 0.3 is 0 Å². The summed E-state index contributed by atoms with van der Waals surface area (Å²) in [5.74, 6) is 0.229. The largest absolute Gasteiger partial charge is 0.494 e. The summed E-state index contributed by atoms with van der Waals surface area (Å²) in [5.41, 5.74) is 1.26. The Hall–Kier alpha value is -2.55. The number of rotatable bonds is 7. The van der Waals surface area contributed by atoms with Gasteiger partial charge in [-0.15, -0.1) is 0 Å². The number of thiazole rings is 1. The average Bonchev–Trinajstić information content (AvgIpc) is 3.18. The SMILES string of the molecule is CCOc1ccc2nc(N(CCN3CCOCC3)C(=O)c3ccc(F)cc3)sc2c1. The first-order valence-electron chi connectivity index (χ1n) is 10.0. The fourth-order valence-electron chi connectivity index (χ4n) is 3.36. The highest BCUT2D eigenvalue weighted by molar-refractivity contribution is 7.22. The average molecular weight is 430 g/mol. The van der Waals surface area contributed by atoms with Crippen LogP contribution in [0.15, 0.2) is 42.5 Å². The second kappa shape index (κ2) is 9.51. The summed E-state index contributed by atoms with van der Waals surface area (Å²) in [5, 5.41) is 0.626. The Morgan fingerprint density at radius 1 is 1.23 bits per heavy atom. The number of hydrogen-bond acceptors (Lipinski definition) is 6. The molecular formula is C22H24FN3O3S. The van der Waals surface area contributed by atoms with Crippen molar-refractivity contribution in [3.05, 3.63) is 53.8 Å². The zero-order chi connectivity index (χ0) is 20.9. The van der Waals surface area contributed by atoms with Crippen LogP contribution >= 0.6 is 11.3 Å². The quantitative estimate of drug-likeness (QED) is 0.572. The normalized spacial score (nSPS) is 14.7. The van der Waals surface area contributed by atoms with Crippen molar-refractivity contribution in [3.8, 4) is 5.75 Å². The van der Waals surface area contributed by atoms with E-state index >= 15 is 0 Å². The Bertz CT molecular complexity index is 1000. The first kappa shape index (κ1) is 20.7. The fraction of sp³-hybridized carbons (Fsp3) is 0.364. The molecule has 0 aliphatic carbocycles. The van der Waals surface area contributed by atoms with Crippen LogP contribution in [-0.2, 0) is 4.74 Å². The molecule has 1 aliphatic rings. The van der Waals surface area contributed by atoms with Gasteiger partial charge in [0.15, 0.2) is 5.13 Å². The smallest absolute Gasteiger partial charge is 0.260 e. The minimum atomic E-state index is -0.366. The molecule has 1 fully saturated rings. The third-order valence-electron chi connectivity index (χ3n) is 4.97. The first-order valence-corrected chi connectivity index (χ1v) is 10.9. The molecule has 6 nitrogen and oxygen atoms in total. The van der Waals surface area contributed by atoms with Crippen LogP contribution in [0, 0.1) is 5.82 Å². The van der Waals surface area contributed by atoms with Crippen molar-refractivity contribution in [2.75, 3.05) is 50.9 Å². The molecule has 8 heteroatoms. The minimum Gasteiger partial charge on any atom is -0.494 e. The Balaban J connectivity index is 1.62. The monoisotopic (exact) mass is 429 g/mol. The summed E-state index contributed by atoms with van der Waals surface area (Å²) in [7, 11) is 0. The maximum Gasteiger partial charge on any atom is 0.260 e. The molecule has 2 heterocycles. The Kier molecular flexibility index (Phi) is 6.56. The Morgan fingerprint density at radius 3 is 2.73 bits per heavy atom. The molecule has 0 radical (unpaired) electrons. The standard InChI is InChI=1S/C22H24FN3O3S/c1-2-29-18-7-8-19-20(15-18)30-22(24-19)26(10-9-25-11-13-28-14-12-25)21(27)16-3-5-17(23)6-4-16/h3-8,15H,2,9-14H2,1H3. The van der Waals surface area contributed by atoms with Crippen molar-refractivity contribution in [3.63, 3.8) is 0 Å². The third kappa shape index (κ3) is 4.77. The molecular weight excluding hydrogens is 405 g/mol. The van der Waals surface area contributed by atoms with E-state index in [2.05, 4.69) is 4.90 Å². The summed E-state index contributed by atoms with van der Waals surface area (Å²) in [6.45, 7) is 6.83. The van der Waals surface area contributed by atoms with Gasteiger partial charge in [-0.1, -0.05) is 11.3 Å². The van der Waals surface area contributed by atoms with Crippen molar-refractivity contribution in [2.24, 2.45) is 0 Å². The second-order valence-corrected chi connectivity index (χ2v) is 7.99. The van der Waals surface area contributed by atoms with Crippen LogP contribution in [0.1, 0.15) is 17.3 Å². The fourth-order valence-corrected chi connectivity index (χ4v) is 4.38. The van der Waals surface area contributed by atoms with Crippen LogP contribution in [-0.4, -0.2) is 61.8 Å². The van der Waals surface area contributed by atoms with Gasteiger partial charge in [0.05, 0.1) is 30.0 Å². The number of carbonyl (C=O) groups excluding carboxylic acids is 1. The molecule has 0 bridgehead atoms. The van der Waals surface area contributed by atoms with Gasteiger partial charge in [0.25, 0.3) is 5.91 Å². The number of amides is 1. The predicted octanol–water partition coefficient (Wildman–Crippen LogP) is 3.81. The van der Waals surface area contributed by atoms with Crippen molar-refractivity contribution >= 4 is 32.6 Å². The van der Waals surface area contributed by atoms with Gasteiger partial charge in [0.1, 0.15) is 11.6 Å². The summed E-state index contributed by atoms with van der Waals surface area (Å²) in [4.78, 5) is 21.9. The number of carbonyl (C=O) groups is 1. The van der Waals surface area contributed by atoms with Crippen LogP contribution in [0.25, 0.3) is 10.2 Å². The number of benzene rings is 2.